The standard InChI is InChI=1S/C15H25N3O2/c1-4-12-8-6-7-9-18(12)11-14-13(10-16-17(14)3)15(19)20-5-2/h10,12H,4-9,11H2,1-3H3/t12-/m1/s1. The first-order valence-corrected chi connectivity index (χ1v) is 7.59. The lowest BCUT2D eigenvalue weighted by Crippen LogP contribution is -2.39. The van der Waals surface area contributed by atoms with Gasteiger partial charge in [0.2, 0.25) is 0 Å². The maximum absolute atomic E-state index is 12.0. The van der Waals surface area contributed by atoms with Crippen molar-refractivity contribution in [2.75, 3.05) is 13.2 Å². The van der Waals surface area contributed by atoms with Crippen LogP contribution in [0.2, 0.25) is 0 Å². The first kappa shape index (κ1) is 15.0. The minimum absolute atomic E-state index is 0.263. The highest BCUT2D eigenvalue weighted by molar-refractivity contribution is 5.90. The number of hydrogen-bond donors (Lipinski definition) is 0. The van der Waals surface area contributed by atoms with Crippen LogP contribution in [-0.4, -0.2) is 39.8 Å². The minimum atomic E-state index is -0.263. The molecule has 5 nitrogen and oxygen atoms in total. The molecule has 1 atom stereocenters. The second kappa shape index (κ2) is 6.88. The second-order valence-electron chi connectivity index (χ2n) is 5.38. The number of ether oxygens (including phenoxy) is 1. The molecule has 1 aromatic heterocycles. The topological polar surface area (TPSA) is 47.4 Å². The third-order valence-corrected chi connectivity index (χ3v) is 4.13. The highest BCUT2D eigenvalue weighted by Gasteiger charge is 2.25. The van der Waals surface area contributed by atoms with Crippen molar-refractivity contribution in [2.45, 2.75) is 52.1 Å². The van der Waals surface area contributed by atoms with Crippen LogP contribution in [0.3, 0.4) is 0 Å². The van der Waals surface area contributed by atoms with Crippen molar-refractivity contribution in [2.24, 2.45) is 7.05 Å². The Morgan fingerprint density at radius 2 is 2.25 bits per heavy atom. The monoisotopic (exact) mass is 279 g/mol. The summed E-state index contributed by atoms with van der Waals surface area (Å²) in [6.07, 6.45) is 6.59. The molecule has 0 amide bonds. The van der Waals surface area contributed by atoms with E-state index >= 15 is 0 Å². The van der Waals surface area contributed by atoms with Crippen LogP contribution in [0.1, 0.15) is 55.6 Å². The smallest absolute Gasteiger partial charge is 0.341 e. The normalized spacial score (nSPS) is 20.1. The molecule has 0 radical (unpaired) electrons. The number of rotatable bonds is 5. The molecule has 5 heteroatoms. The molecule has 0 N–H and O–H groups in total. The molecule has 20 heavy (non-hydrogen) atoms. The summed E-state index contributed by atoms with van der Waals surface area (Å²) in [5.74, 6) is -0.263. The van der Waals surface area contributed by atoms with E-state index in [-0.39, 0.29) is 5.97 Å². The van der Waals surface area contributed by atoms with Gasteiger partial charge in [-0.2, -0.15) is 5.10 Å². The molecule has 1 aliphatic heterocycles. The average Bonchev–Trinajstić information content (AvgIpc) is 2.81. The molecule has 112 valence electrons. The SMILES string of the molecule is CCOC(=O)c1cnn(C)c1CN1CCCC[C@H]1CC. The Hall–Kier alpha value is -1.36. The zero-order valence-electron chi connectivity index (χ0n) is 12.8. The van der Waals surface area contributed by atoms with E-state index in [1.54, 1.807) is 10.9 Å². The van der Waals surface area contributed by atoms with Crippen LogP contribution >= 0.6 is 0 Å². The van der Waals surface area contributed by atoms with Gasteiger partial charge in [-0.25, -0.2) is 4.79 Å². The molecule has 0 bridgehead atoms. The van der Waals surface area contributed by atoms with E-state index in [4.69, 9.17) is 4.74 Å². The van der Waals surface area contributed by atoms with Gasteiger partial charge in [-0.1, -0.05) is 13.3 Å². The van der Waals surface area contributed by atoms with Gasteiger partial charge in [-0.15, -0.1) is 0 Å². The number of nitrogens with zero attached hydrogens (tertiary/aromatic N) is 3. The summed E-state index contributed by atoms with van der Waals surface area (Å²) in [6.45, 7) is 6.34. The van der Waals surface area contributed by atoms with Gasteiger partial charge in [0, 0.05) is 19.6 Å². The van der Waals surface area contributed by atoms with Gasteiger partial charge in [0.05, 0.1) is 18.5 Å². The molecule has 0 saturated carbocycles. The lowest BCUT2D eigenvalue weighted by atomic mass is 9.99. The first-order valence-electron chi connectivity index (χ1n) is 7.59. The first-order chi connectivity index (χ1) is 9.67. The Morgan fingerprint density at radius 3 is 2.95 bits per heavy atom. The van der Waals surface area contributed by atoms with Crippen LogP contribution in [0.5, 0.6) is 0 Å². The Kier molecular flexibility index (Phi) is 5.17. The summed E-state index contributed by atoms with van der Waals surface area (Å²) in [6, 6.07) is 0.619. The molecule has 0 spiro atoms. The predicted molar refractivity (Wildman–Crippen MR) is 77.5 cm³/mol. The molecule has 0 aliphatic carbocycles. The summed E-state index contributed by atoms with van der Waals surface area (Å²) in [7, 11) is 1.89. The van der Waals surface area contributed by atoms with Gasteiger partial charge in [0.15, 0.2) is 0 Å². The maximum Gasteiger partial charge on any atom is 0.341 e. The van der Waals surface area contributed by atoms with E-state index in [0.717, 1.165) is 25.2 Å². The Morgan fingerprint density at radius 1 is 1.45 bits per heavy atom. The van der Waals surface area contributed by atoms with E-state index in [0.29, 0.717) is 18.2 Å². The van der Waals surface area contributed by atoms with Gasteiger partial charge >= 0.3 is 5.97 Å². The second-order valence-corrected chi connectivity index (χ2v) is 5.38. The zero-order valence-corrected chi connectivity index (χ0v) is 12.8. The summed E-state index contributed by atoms with van der Waals surface area (Å²) >= 11 is 0. The molecular weight excluding hydrogens is 254 g/mol. The summed E-state index contributed by atoms with van der Waals surface area (Å²) in [5, 5.41) is 4.23. The van der Waals surface area contributed by atoms with E-state index in [2.05, 4.69) is 16.9 Å². The third-order valence-electron chi connectivity index (χ3n) is 4.13. The molecule has 0 unspecified atom stereocenters. The van der Waals surface area contributed by atoms with Crippen molar-refractivity contribution in [3.05, 3.63) is 17.5 Å². The van der Waals surface area contributed by atoms with Gasteiger partial charge in [0.25, 0.3) is 0 Å². The number of hydrogen-bond acceptors (Lipinski definition) is 4. The third kappa shape index (κ3) is 3.20. The van der Waals surface area contributed by atoms with Crippen LogP contribution in [0.15, 0.2) is 6.20 Å². The average molecular weight is 279 g/mol. The zero-order chi connectivity index (χ0) is 14.5. The molecule has 1 fully saturated rings. The number of likely N-dealkylation sites (tertiary alicyclic amines) is 1. The van der Waals surface area contributed by atoms with Gasteiger partial charge in [-0.05, 0) is 32.7 Å². The van der Waals surface area contributed by atoms with Crippen molar-refractivity contribution in [3.8, 4) is 0 Å². The number of carbonyl (C=O) groups excluding carboxylic acids is 1. The molecule has 2 rings (SSSR count). The fraction of sp³-hybridized carbons (Fsp3) is 0.733. The Labute approximate surface area is 120 Å². The number of piperidine rings is 1. The largest absolute Gasteiger partial charge is 0.462 e. The van der Waals surface area contributed by atoms with Crippen LogP contribution < -0.4 is 0 Å². The fourth-order valence-corrected chi connectivity index (χ4v) is 2.95. The Balaban J connectivity index is 2.15. The van der Waals surface area contributed by atoms with Crippen molar-refractivity contribution in [1.82, 2.24) is 14.7 Å². The minimum Gasteiger partial charge on any atom is -0.462 e. The summed E-state index contributed by atoms with van der Waals surface area (Å²) in [5.41, 5.74) is 1.57. The Bertz CT molecular complexity index is 456. The van der Waals surface area contributed by atoms with E-state index < -0.39 is 0 Å². The number of esters is 1. The van der Waals surface area contributed by atoms with Crippen LogP contribution in [0, 0.1) is 0 Å². The van der Waals surface area contributed by atoms with Crippen molar-refractivity contribution < 1.29 is 9.53 Å². The molecule has 0 aromatic carbocycles. The number of aryl methyl sites for hydroxylation is 1. The van der Waals surface area contributed by atoms with Gasteiger partial charge < -0.3 is 4.74 Å². The summed E-state index contributed by atoms with van der Waals surface area (Å²) in [4.78, 5) is 14.5. The predicted octanol–water partition coefficient (Wildman–Crippen LogP) is 2.36. The maximum atomic E-state index is 12.0. The van der Waals surface area contributed by atoms with Crippen LogP contribution in [-0.2, 0) is 18.3 Å². The lowest BCUT2D eigenvalue weighted by molar-refractivity contribution is 0.0521. The van der Waals surface area contributed by atoms with Crippen LogP contribution in [0.25, 0.3) is 0 Å². The molecule has 2 heterocycles. The highest BCUT2D eigenvalue weighted by atomic mass is 16.5. The van der Waals surface area contributed by atoms with Gasteiger partial charge in [-0.3, -0.25) is 9.58 Å². The van der Waals surface area contributed by atoms with Gasteiger partial charge in [0.1, 0.15) is 5.56 Å². The van der Waals surface area contributed by atoms with Crippen molar-refractivity contribution in [1.29, 1.82) is 0 Å². The van der Waals surface area contributed by atoms with E-state index in [1.165, 1.54) is 19.3 Å². The molecule has 1 aliphatic rings. The lowest BCUT2D eigenvalue weighted by Gasteiger charge is -2.35. The number of aromatic nitrogens is 2. The highest BCUT2D eigenvalue weighted by Crippen LogP contribution is 2.23. The summed E-state index contributed by atoms with van der Waals surface area (Å²) < 4.78 is 6.91. The van der Waals surface area contributed by atoms with Crippen LogP contribution in [0.4, 0.5) is 0 Å². The quantitative estimate of drug-likeness (QED) is 0.776. The fourth-order valence-electron chi connectivity index (χ4n) is 2.95. The van der Waals surface area contributed by atoms with E-state index in [9.17, 15) is 4.79 Å². The van der Waals surface area contributed by atoms with Crippen molar-refractivity contribution in [3.63, 3.8) is 0 Å². The van der Waals surface area contributed by atoms with E-state index in [1.807, 2.05) is 14.0 Å². The van der Waals surface area contributed by atoms with Crippen molar-refractivity contribution >= 4 is 5.97 Å². The number of carbonyl (C=O) groups is 1. The molecular formula is C15H25N3O2. The molecule has 1 saturated heterocycles. The molecule has 1 aromatic rings.